The Bertz CT molecular complexity index is 920. The molecule has 2 aromatic carbocycles. The first-order valence-electron chi connectivity index (χ1n) is 6.53. The molecule has 1 aromatic heterocycles. The quantitative estimate of drug-likeness (QED) is 0.432. The lowest BCUT2D eigenvalue weighted by atomic mass is 10.2. The largest absolute Gasteiger partial charge is 0.359 e. The summed E-state index contributed by atoms with van der Waals surface area (Å²) in [6.45, 7) is 0. The molecule has 3 aromatic rings. The number of hydrazine groups is 1. The number of anilines is 2. The Kier molecular flexibility index (Phi) is 3.39. The van der Waals surface area contributed by atoms with Gasteiger partial charge in [0, 0.05) is 23.2 Å². The van der Waals surface area contributed by atoms with Crippen LogP contribution in [0.1, 0.15) is 0 Å². The Balaban J connectivity index is 2.13. The van der Waals surface area contributed by atoms with Crippen molar-refractivity contribution in [1.29, 1.82) is 0 Å². The average Bonchev–Trinajstić information content (AvgIpc) is 2.97. The maximum Gasteiger partial charge on any atom is 0.301 e. The molecule has 0 unspecified atom stereocenters. The summed E-state index contributed by atoms with van der Waals surface area (Å²) in [5.41, 5.74) is 0.602. The first kappa shape index (κ1) is 14.5. The molecule has 9 nitrogen and oxygen atoms in total. The number of hydrogen-bond donors (Lipinski definition) is 2. The van der Waals surface area contributed by atoms with Gasteiger partial charge in [-0.3, -0.25) is 25.2 Å². The molecule has 0 saturated heterocycles. The fourth-order valence-electron chi connectivity index (χ4n) is 2.36. The minimum Gasteiger partial charge on any atom is -0.359 e. The van der Waals surface area contributed by atoms with Gasteiger partial charge in [-0.15, -0.1) is 0 Å². The number of para-hydroxylation sites is 1. The highest BCUT2D eigenvalue weighted by Gasteiger charge is 2.24. The number of benzene rings is 2. The van der Waals surface area contributed by atoms with Crippen molar-refractivity contribution in [3.8, 4) is 0 Å². The molecule has 1 heterocycles. The molecule has 0 bridgehead atoms. The molecule has 0 saturated carbocycles. The highest BCUT2D eigenvalue weighted by Crippen LogP contribution is 2.36. The van der Waals surface area contributed by atoms with Crippen LogP contribution in [-0.2, 0) is 0 Å². The number of nitro benzene ring substituents is 2. The number of nitrogens with zero attached hydrogens (tertiary/aromatic N) is 3. The van der Waals surface area contributed by atoms with E-state index in [1.54, 1.807) is 6.20 Å². The summed E-state index contributed by atoms with van der Waals surface area (Å²) in [7, 11) is 0. The maximum absolute atomic E-state index is 11.2. The molecule has 0 atom stereocenters. The number of H-pyrrole nitrogens is 1. The summed E-state index contributed by atoms with van der Waals surface area (Å²) < 4.78 is 0. The van der Waals surface area contributed by atoms with Crippen molar-refractivity contribution in [3.63, 3.8) is 0 Å². The standard InChI is InChI=1S/C14H11N5O4/c15-17(14-8-16-11-4-2-1-3-10(11)14)12-6-5-9(18(20)21)7-13(12)19(22)23/h1-8,16H,15H2. The minimum atomic E-state index is -0.697. The number of nitrogens with one attached hydrogen (secondary N) is 1. The normalized spacial score (nSPS) is 10.7. The SMILES string of the molecule is NN(c1ccc([N+](=O)[O-])cc1[N+](=O)[O-])c1c[nH]c2ccccc12. The van der Waals surface area contributed by atoms with Crippen molar-refractivity contribution >= 4 is 33.7 Å². The molecule has 116 valence electrons. The molecule has 3 N–H and O–H groups in total. The second-order valence-electron chi connectivity index (χ2n) is 4.78. The van der Waals surface area contributed by atoms with E-state index in [9.17, 15) is 20.2 Å². The smallest absolute Gasteiger partial charge is 0.301 e. The molecule has 0 aliphatic heterocycles. The molecule has 9 heteroatoms. The van der Waals surface area contributed by atoms with Crippen LogP contribution in [0.25, 0.3) is 10.9 Å². The molecule has 0 aliphatic carbocycles. The zero-order chi connectivity index (χ0) is 16.6. The van der Waals surface area contributed by atoms with Crippen LogP contribution in [0.2, 0.25) is 0 Å². The van der Waals surface area contributed by atoms with Gasteiger partial charge in [-0.2, -0.15) is 0 Å². The van der Waals surface area contributed by atoms with Gasteiger partial charge in [0.25, 0.3) is 5.69 Å². The second-order valence-corrected chi connectivity index (χ2v) is 4.78. The first-order chi connectivity index (χ1) is 11.0. The Morgan fingerprint density at radius 3 is 2.43 bits per heavy atom. The lowest BCUT2D eigenvalue weighted by molar-refractivity contribution is -0.393. The van der Waals surface area contributed by atoms with Crippen LogP contribution >= 0.6 is 0 Å². The lowest BCUT2D eigenvalue weighted by Gasteiger charge is -2.17. The summed E-state index contributed by atoms with van der Waals surface area (Å²) in [5.74, 6) is 6.03. The minimum absolute atomic E-state index is 0.0605. The van der Waals surface area contributed by atoms with E-state index < -0.39 is 15.5 Å². The topological polar surface area (TPSA) is 131 Å². The van der Waals surface area contributed by atoms with Gasteiger partial charge >= 0.3 is 5.69 Å². The van der Waals surface area contributed by atoms with Crippen molar-refractivity contribution < 1.29 is 9.85 Å². The van der Waals surface area contributed by atoms with Gasteiger partial charge in [0.05, 0.1) is 21.6 Å². The Hall–Kier alpha value is -3.46. The molecule has 23 heavy (non-hydrogen) atoms. The maximum atomic E-state index is 11.2. The molecule has 0 amide bonds. The highest BCUT2D eigenvalue weighted by atomic mass is 16.6. The number of nitro groups is 2. The van der Waals surface area contributed by atoms with Crippen molar-refractivity contribution in [2.75, 3.05) is 5.01 Å². The van der Waals surface area contributed by atoms with E-state index in [1.165, 1.54) is 12.1 Å². The van der Waals surface area contributed by atoms with E-state index in [4.69, 9.17) is 5.84 Å². The molecule has 3 rings (SSSR count). The molecule has 0 fully saturated rings. The molecular formula is C14H11N5O4. The molecular weight excluding hydrogens is 302 g/mol. The number of aromatic nitrogens is 1. The lowest BCUT2D eigenvalue weighted by Crippen LogP contribution is -2.25. The summed E-state index contributed by atoms with van der Waals surface area (Å²) in [4.78, 5) is 23.6. The van der Waals surface area contributed by atoms with Gasteiger partial charge in [-0.05, 0) is 12.1 Å². The molecule has 0 aliphatic rings. The zero-order valence-corrected chi connectivity index (χ0v) is 11.7. The van der Waals surface area contributed by atoms with Crippen molar-refractivity contribution in [2.45, 2.75) is 0 Å². The summed E-state index contributed by atoms with van der Waals surface area (Å²) >= 11 is 0. The molecule has 0 spiro atoms. The summed E-state index contributed by atoms with van der Waals surface area (Å²) in [6.07, 6.45) is 1.62. The average molecular weight is 313 g/mol. The number of hydrogen-bond acceptors (Lipinski definition) is 6. The van der Waals surface area contributed by atoms with Gasteiger partial charge in [0.15, 0.2) is 0 Å². The van der Waals surface area contributed by atoms with Crippen LogP contribution in [0, 0.1) is 20.2 Å². The van der Waals surface area contributed by atoms with Gasteiger partial charge in [-0.1, -0.05) is 18.2 Å². The van der Waals surface area contributed by atoms with Gasteiger partial charge < -0.3 is 4.98 Å². The van der Waals surface area contributed by atoms with E-state index in [0.29, 0.717) is 5.69 Å². The number of rotatable bonds is 4. The first-order valence-corrected chi connectivity index (χ1v) is 6.53. The fourth-order valence-corrected chi connectivity index (χ4v) is 2.36. The second kappa shape index (κ2) is 5.39. The summed E-state index contributed by atoms with van der Waals surface area (Å²) in [5, 5.41) is 23.9. The predicted octanol–water partition coefficient (Wildman–Crippen LogP) is 3.00. The van der Waals surface area contributed by atoms with E-state index in [0.717, 1.165) is 22.0 Å². The van der Waals surface area contributed by atoms with Crippen LogP contribution in [0.4, 0.5) is 22.7 Å². The number of aromatic amines is 1. The van der Waals surface area contributed by atoms with Crippen LogP contribution in [0.5, 0.6) is 0 Å². The van der Waals surface area contributed by atoms with Crippen molar-refractivity contribution in [2.24, 2.45) is 5.84 Å². The van der Waals surface area contributed by atoms with Crippen molar-refractivity contribution in [1.82, 2.24) is 4.98 Å². The van der Waals surface area contributed by atoms with E-state index in [-0.39, 0.29) is 11.4 Å². The summed E-state index contributed by atoms with van der Waals surface area (Å²) in [6, 6.07) is 10.7. The van der Waals surface area contributed by atoms with Crippen molar-refractivity contribution in [3.05, 3.63) is 68.9 Å². The fraction of sp³-hybridized carbons (Fsp3) is 0. The van der Waals surface area contributed by atoms with E-state index in [1.807, 2.05) is 24.3 Å². The van der Waals surface area contributed by atoms with Crippen LogP contribution in [0.15, 0.2) is 48.7 Å². The Morgan fingerprint density at radius 2 is 1.74 bits per heavy atom. The highest BCUT2D eigenvalue weighted by molar-refractivity contribution is 5.95. The Labute approximate surface area is 129 Å². The third-order valence-corrected chi connectivity index (χ3v) is 3.45. The predicted molar refractivity (Wildman–Crippen MR) is 84.4 cm³/mol. The number of non-ortho nitro benzene ring substituents is 1. The van der Waals surface area contributed by atoms with Crippen LogP contribution in [-0.4, -0.2) is 14.8 Å². The molecule has 0 radical (unpaired) electrons. The van der Waals surface area contributed by atoms with Crippen LogP contribution in [0.3, 0.4) is 0 Å². The zero-order valence-electron chi connectivity index (χ0n) is 11.7. The Morgan fingerprint density at radius 1 is 1.00 bits per heavy atom. The monoisotopic (exact) mass is 313 g/mol. The number of fused-ring (bicyclic) bond motifs is 1. The van der Waals surface area contributed by atoms with E-state index in [2.05, 4.69) is 4.98 Å². The van der Waals surface area contributed by atoms with Gasteiger partial charge in [0.1, 0.15) is 5.69 Å². The number of nitrogens with two attached hydrogens (primary N) is 1. The third kappa shape index (κ3) is 2.45. The van der Waals surface area contributed by atoms with Crippen LogP contribution < -0.4 is 10.9 Å². The van der Waals surface area contributed by atoms with Gasteiger partial charge in [-0.25, -0.2) is 5.84 Å². The third-order valence-electron chi connectivity index (χ3n) is 3.45. The van der Waals surface area contributed by atoms with Gasteiger partial charge in [0.2, 0.25) is 0 Å². The van der Waals surface area contributed by atoms with E-state index >= 15 is 0 Å².